The molecule has 1 N–H and O–H groups in total. The molecule has 0 aliphatic heterocycles. The van der Waals surface area contributed by atoms with Gasteiger partial charge in [-0.3, -0.25) is 0 Å². The highest BCUT2D eigenvalue weighted by Gasteiger charge is 2.01. The SMILES string of the molecule is CC(C)N(C)CCNCc1cccc(Cl)c1. The number of hydrogen-bond donors (Lipinski definition) is 1. The molecule has 0 spiro atoms. The van der Waals surface area contributed by atoms with Gasteiger partial charge in [0.1, 0.15) is 0 Å². The van der Waals surface area contributed by atoms with Crippen LogP contribution in [0.5, 0.6) is 0 Å². The summed E-state index contributed by atoms with van der Waals surface area (Å²) >= 11 is 5.91. The van der Waals surface area contributed by atoms with Crippen LogP contribution in [0, 0.1) is 0 Å². The fraction of sp³-hybridized carbons (Fsp3) is 0.538. The second-order valence-corrected chi connectivity index (χ2v) is 4.82. The number of benzene rings is 1. The van der Waals surface area contributed by atoms with Gasteiger partial charge in [-0.05, 0) is 38.6 Å². The summed E-state index contributed by atoms with van der Waals surface area (Å²) in [5, 5.41) is 4.22. The highest BCUT2D eigenvalue weighted by atomic mass is 35.5. The van der Waals surface area contributed by atoms with Gasteiger partial charge in [0.15, 0.2) is 0 Å². The lowest BCUT2D eigenvalue weighted by Gasteiger charge is -2.20. The number of nitrogens with one attached hydrogen (secondary N) is 1. The van der Waals surface area contributed by atoms with Crippen LogP contribution < -0.4 is 5.32 Å². The topological polar surface area (TPSA) is 15.3 Å². The van der Waals surface area contributed by atoms with Crippen molar-refractivity contribution in [2.45, 2.75) is 26.4 Å². The van der Waals surface area contributed by atoms with Crippen molar-refractivity contribution in [3.63, 3.8) is 0 Å². The number of nitrogens with zero attached hydrogens (tertiary/aromatic N) is 1. The molecule has 0 unspecified atom stereocenters. The number of rotatable bonds is 6. The van der Waals surface area contributed by atoms with E-state index >= 15 is 0 Å². The Morgan fingerprint density at radius 1 is 1.38 bits per heavy atom. The van der Waals surface area contributed by atoms with Gasteiger partial charge < -0.3 is 10.2 Å². The maximum Gasteiger partial charge on any atom is 0.0409 e. The summed E-state index contributed by atoms with van der Waals surface area (Å²) in [6.07, 6.45) is 0. The molecule has 3 heteroatoms. The molecule has 0 aliphatic rings. The van der Waals surface area contributed by atoms with Crippen molar-refractivity contribution in [1.29, 1.82) is 0 Å². The Labute approximate surface area is 104 Å². The second kappa shape index (κ2) is 6.89. The fourth-order valence-electron chi connectivity index (χ4n) is 1.39. The number of halogens is 1. The molecular formula is C13H21ClN2. The zero-order valence-electron chi connectivity index (χ0n) is 10.3. The van der Waals surface area contributed by atoms with E-state index in [1.165, 1.54) is 5.56 Å². The summed E-state index contributed by atoms with van der Waals surface area (Å²) < 4.78 is 0. The van der Waals surface area contributed by atoms with Crippen molar-refractivity contribution in [3.05, 3.63) is 34.9 Å². The molecule has 16 heavy (non-hydrogen) atoms. The third-order valence-electron chi connectivity index (χ3n) is 2.74. The molecule has 0 saturated heterocycles. The molecular weight excluding hydrogens is 220 g/mol. The van der Waals surface area contributed by atoms with Crippen molar-refractivity contribution in [3.8, 4) is 0 Å². The van der Waals surface area contributed by atoms with Gasteiger partial charge in [0.25, 0.3) is 0 Å². The summed E-state index contributed by atoms with van der Waals surface area (Å²) in [6, 6.07) is 8.58. The van der Waals surface area contributed by atoms with Gasteiger partial charge in [0, 0.05) is 30.7 Å². The molecule has 0 atom stereocenters. The summed E-state index contributed by atoms with van der Waals surface area (Å²) in [5.74, 6) is 0. The van der Waals surface area contributed by atoms with Crippen LogP contribution in [0.25, 0.3) is 0 Å². The first-order valence-corrected chi connectivity index (χ1v) is 6.13. The zero-order valence-corrected chi connectivity index (χ0v) is 11.1. The van der Waals surface area contributed by atoms with E-state index in [2.05, 4.69) is 37.2 Å². The Kier molecular flexibility index (Phi) is 5.81. The van der Waals surface area contributed by atoms with E-state index < -0.39 is 0 Å². The van der Waals surface area contributed by atoms with Crippen LogP contribution in [0.4, 0.5) is 0 Å². The van der Waals surface area contributed by atoms with E-state index in [-0.39, 0.29) is 0 Å². The minimum absolute atomic E-state index is 0.605. The van der Waals surface area contributed by atoms with Crippen molar-refractivity contribution >= 4 is 11.6 Å². The average molecular weight is 241 g/mol. The lowest BCUT2D eigenvalue weighted by atomic mass is 10.2. The first kappa shape index (κ1) is 13.5. The Morgan fingerprint density at radius 2 is 2.12 bits per heavy atom. The third-order valence-corrected chi connectivity index (χ3v) is 2.98. The van der Waals surface area contributed by atoms with Gasteiger partial charge in [0.05, 0.1) is 0 Å². The second-order valence-electron chi connectivity index (χ2n) is 4.38. The van der Waals surface area contributed by atoms with E-state index in [0.717, 1.165) is 24.7 Å². The maximum absolute atomic E-state index is 5.91. The molecule has 1 aromatic carbocycles. The normalized spacial score (nSPS) is 11.4. The lowest BCUT2D eigenvalue weighted by Crippen LogP contribution is -2.33. The fourth-order valence-corrected chi connectivity index (χ4v) is 1.61. The van der Waals surface area contributed by atoms with E-state index in [9.17, 15) is 0 Å². The molecule has 0 amide bonds. The molecule has 1 aromatic rings. The Morgan fingerprint density at radius 3 is 2.75 bits per heavy atom. The summed E-state index contributed by atoms with van der Waals surface area (Å²) in [5.41, 5.74) is 1.24. The first-order valence-electron chi connectivity index (χ1n) is 5.75. The van der Waals surface area contributed by atoms with Gasteiger partial charge in [-0.1, -0.05) is 23.7 Å². The third kappa shape index (κ3) is 4.97. The van der Waals surface area contributed by atoms with Crippen LogP contribution in [0.15, 0.2) is 24.3 Å². The van der Waals surface area contributed by atoms with Gasteiger partial charge in [0.2, 0.25) is 0 Å². The Bertz CT molecular complexity index is 313. The van der Waals surface area contributed by atoms with Gasteiger partial charge >= 0.3 is 0 Å². The molecule has 0 radical (unpaired) electrons. The van der Waals surface area contributed by atoms with Crippen molar-refractivity contribution in [1.82, 2.24) is 10.2 Å². The van der Waals surface area contributed by atoms with Crippen molar-refractivity contribution in [2.24, 2.45) is 0 Å². The number of likely N-dealkylation sites (N-methyl/N-ethyl adjacent to an activating group) is 1. The van der Waals surface area contributed by atoms with Crippen LogP contribution >= 0.6 is 11.6 Å². The predicted octanol–water partition coefficient (Wildman–Crippen LogP) is 2.77. The summed E-state index contributed by atoms with van der Waals surface area (Å²) in [4.78, 5) is 2.32. The Balaban J connectivity index is 2.21. The minimum atomic E-state index is 0.605. The highest BCUT2D eigenvalue weighted by Crippen LogP contribution is 2.09. The minimum Gasteiger partial charge on any atom is -0.311 e. The monoisotopic (exact) mass is 240 g/mol. The van der Waals surface area contributed by atoms with Crippen molar-refractivity contribution < 1.29 is 0 Å². The number of hydrogen-bond acceptors (Lipinski definition) is 2. The Hall–Kier alpha value is -0.570. The van der Waals surface area contributed by atoms with Gasteiger partial charge in [-0.25, -0.2) is 0 Å². The average Bonchev–Trinajstić information content (AvgIpc) is 2.24. The van der Waals surface area contributed by atoms with Crippen LogP contribution in [0.3, 0.4) is 0 Å². The quantitative estimate of drug-likeness (QED) is 0.770. The smallest absolute Gasteiger partial charge is 0.0409 e. The molecule has 1 rings (SSSR count). The van der Waals surface area contributed by atoms with Gasteiger partial charge in [-0.2, -0.15) is 0 Å². The summed E-state index contributed by atoms with van der Waals surface area (Å²) in [7, 11) is 2.14. The molecule has 0 fully saturated rings. The summed E-state index contributed by atoms with van der Waals surface area (Å²) in [6.45, 7) is 7.36. The maximum atomic E-state index is 5.91. The molecule has 0 aromatic heterocycles. The largest absolute Gasteiger partial charge is 0.311 e. The molecule has 90 valence electrons. The lowest BCUT2D eigenvalue weighted by molar-refractivity contribution is 0.273. The van der Waals surface area contributed by atoms with Crippen LogP contribution in [-0.4, -0.2) is 31.1 Å². The first-order chi connectivity index (χ1) is 7.59. The molecule has 0 aliphatic carbocycles. The van der Waals surface area contributed by atoms with Crippen LogP contribution in [-0.2, 0) is 6.54 Å². The standard InChI is InChI=1S/C13H21ClN2/c1-11(2)16(3)8-7-15-10-12-5-4-6-13(14)9-12/h4-6,9,11,15H,7-8,10H2,1-3H3. The van der Waals surface area contributed by atoms with Crippen molar-refractivity contribution in [2.75, 3.05) is 20.1 Å². The van der Waals surface area contributed by atoms with E-state index in [1.54, 1.807) is 0 Å². The van der Waals surface area contributed by atoms with E-state index in [0.29, 0.717) is 6.04 Å². The predicted molar refractivity (Wildman–Crippen MR) is 70.9 cm³/mol. The molecule has 2 nitrogen and oxygen atoms in total. The van der Waals surface area contributed by atoms with Crippen LogP contribution in [0.1, 0.15) is 19.4 Å². The van der Waals surface area contributed by atoms with Crippen LogP contribution in [0.2, 0.25) is 5.02 Å². The zero-order chi connectivity index (χ0) is 12.0. The molecule has 0 heterocycles. The molecule has 0 bridgehead atoms. The highest BCUT2D eigenvalue weighted by molar-refractivity contribution is 6.30. The van der Waals surface area contributed by atoms with Gasteiger partial charge in [-0.15, -0.1) is 0 Å². The molecule has 0 saturated carbocycles. The van der Waals surface area contributed by atoms with E-state index in [4.69, 9.17) is 11.6 Å². The van der Waals surface area contributed by atoms with E-state index in [1.807, 2.05) is 18.2 Å².